The maximum atomic E-state index is 12.0. The minimum Gasteiger partial charge on any atom is -0.325 e. The number of anilines is 1. The van der Waals surface area contributed by atoms with Crippen LogP contribution in [0.15, 0.2) is 42.5 Å². The Morgan fingerprint density at radius 3 is 2.45 bits per heavy atom. The van der Waals surface area contributed by atoms with Gasteiger partial charge in [0.25, 0.3) is 0 Å². The lowest BCUT2D eigenvalue weighted by atomic mass is 10.1. The molecular weight excluding hydrogens is 296 g/mol. The molecule has 3 nitrogen and oxygen atoms in total. The molecular formula is C18H21ClN2O. The van der Waals surface area contributed by atoms with Crippen LogP contribution in [0.3, 0.4) is 0 Å². The quantitative estimate of drug-likeness (QED) is 0.866. The first kappa shape index (κ1) is 16.5. The Kier molecular flexibility index (Phi) is 5.58. The van der Waals surface area contributed by atoms with Crippen molar-refractivity contribution in [1.82, 2.24) is 5.32 Å². The third-order valence-electron chi connectivity index (χ3n) is 3.42. The zero-order valence-electron chi connectivity index (χ0n) is 13.1. The first-order valence-electron chi connectivity index (χ1n) is 7.31. The summed E-state index contributed by atoms with van der Waals surface area (Å²) in [5, 5.41) is 6.82. The van der Waals surface area contributed by atoms with Crippen LogP contribution >= 0.6 is 11.6 Å². The Balaban J connectivity index is 1.89. The molecule has 0 heterocycles. The summed E-state index contributed by atoms with van der Waals surface area (Å²) < 4.78 is 0. The van der Waals surface area contributed by atoms with Gasteiger partial charge in [0, 0.05) is 16.8 Å². The predicted molar refractivity (Wildman–Crippen MR) is 92.4 cm³/mol. The number of carbonyl (C=O) groups is 1. The number of nitrogens with one attached hydrogen (secondary N) is 2. The molecule has 1 atom stereocenters. The van der Waals surface area contributed by atoms with Crippen LogP contribution < -0.4 is 10.6 Å². The molecule has 0 saturated heterocycles. The third kappa shape index (κ3) is 4.86. The first-order valence-corrected chi connectivity index (χ1v) is 7.69. The molecule has 22 heavy (non-hydrogen) atoms. The van der Waals surface area contributed by atoms with E-state index in [1.807, 2.05) is 57.2 Å². The van der Waals surface area contributed by atoms with Crippen molar-refractivity contribution in [2.24, 2.45) is 0 Å². The van der Waals surface area contributed by atoms with Crippen molar-refractivity contribution >= 4 is 23.2 Å². The molecule has 2 aromatic rings. The molecule has 2 N–H and O–H groups in total. The molecule has 0 radical (unpaired) electrons. The highest BCUT2D eigenvalue weighted by atomic mass is 35.5. The second-order valence-electron chi connectivity index (χ2n) is 5.58. The molecule has 1 amide bonds. The summed E-state index contributed by atoms with van der Waals surface area (Å²) in [4.78, 5) is 12.0. The summed E-state index contributed by atoms with van der Waals surface area (Å²) in [6.45, 7) is 6.29. The van der Waals surface area contributed by atoms with Crippen molar-refractivity contribution in [3.8, 4) is 0 Å². The van der Waals surface area contributed by atoms with Gasteiger partial charge in [-0.05, 0) is 61.7 Å². The molecule has 0 aliphatic heterocycles. The maximum absolute atomic E-state index is 12.0. The molecule has 116 valence electrons. The summed E-state index contributed by atoms with van der Waals surface area (Å²) in [7, 11) is 0. The number of amides is 1. The smallest absolute Gasteiger partial charge is 0.238 e. The molecule has 0 unspecified atom stereocenters. The second-order valence-corrected chi connectivity index (χ2v) is 6.02. The number of aryl methyl sites for hydroxylation is 2. The van der Waals surface area contributed by atoms with Gasteiger partial charge in [-0.2, -0.15) is 0 Å². The van der Waals surface area contributed by atoms with Gasteiger partial charge in [-0.3, -0.25) is 4.79 Å². The Morgan fingerprint density at radius 2 is 1.82 bits per heavy atom. The van der Waals surface area contributed by atoms with E-state index < -0.39 is 0 Å². The molecule has 0 fully saturated rings. The van der Waals surface area contributed by atoms with Gasteiger partial charge in [-0.1, -0.05) is 29.8 Å². The van der Waals surface area contributed by atoms with Gasteiger partial charge in [0.2, 0.25) is 5.91 Å². The molecule has 2 aromatic carbocycles. The van der Waals surface area contributed by atoms with E-state index >= 15 is 0 Å². The van der Waals surface area contributed by atoms with Crippen molar-refractivity contribution in [2.75, 3.05) is 11.9 Å². The number of rotatable bonds is 5. The van der Waals surface area contributed by atoms with Crippen LogP contribution in [0.25, 0.3) is 0 Å². The van der Waals surface area contributed by atoms with Crippen LogP contribution in [-0.4, -0.2) is 12.5 Å². The van der Waals surface area contributed by atoms with Crippen LogP contribution in [-0.2, 0) is 4.79 Å². The fraction of sp³-hybridized carbons (Fsp3) is 0.278. The fourth-order valence-corrected chi connectivity index (χ4v) is 2.59. The normalized spacial score (nSPS) is 12.0. The Bertz CT molecular complexity index is 650. The van der Waals surface area contributed by atoms with Gasteiger partial charge >= 0.3 is 0 Å². The average Bonchev–Trinajstić information content (AvgIpc) is 2.43. The van der Waals surface area contributed by atoms with Gasteiger partial charge in [-0.25, -0.2) is 0 Å². The molecule has 0 spiro atoms. The molecule has 2 rings (SSSR count). The van der Waals surface area contributed by atoms with Gasteiger partial charge in [0.1, 0.15) is 0 Å². The summed E-state index contributed by atoms with van der Waals surface area (Å²) in [6.07, 6.45) is 0. The van der Waals surface area contributed by atoms with Crippen molar-refractivity contribution < 1.29 is 4.79 Å². The lowest BCUT2D eigenvalue weighted by molar-refractivity contribution is -0.115. The number of benzene rings is 2. The molecule has 0 saturated carbocycles. The SMILES string of the molecule is Cc1cc(C)cc(NC(=O)CN[C@@H](C)c2cccc(Cl)c2)c1. The minimum atomic E-state index is -0.0566. The van der Waals surface area contributed by atoms with Crippen LogP contribution in [0.4, 0.5) is 5.69 Å². The highest BCUT2D eigenvalue weighted by molar-refractivity contribution is 6.30. The summed E-state index contributed by atoms with van der Waals surface area (Å²) in [6, 6.07) is 13.7. The number of hydrogen-bond donors (Lipinski definition) is 2. The molecule has 0 bridgehead atoms. The Labute approximate surface area is 136 Å². The van der Waals surface area contributed by atoms with E-state index in [0.717, 1.165) is 22.4 Å². The summed E-state index contributed by atoms with van der Waals surface area (Å²) >= 11 is 5.98. The Hall–Kier alpha value is -1.84. The summed E-state index contributed by atoms with van der Waals surface area (Å²) in [5.41, 5.74) is 4.16. The number of hydrogen-bond acceptors (Lipinski definition) is 2. The van der Waals surface area contributed by atoms with Gasteiger partial charge in [0.05, 0.1) is 6.54 Å². The van der Waals surface area contributed by atoms with Gasteiger partial charge in [0.15, 0.2) is 0 Å². The third-order valence-corrected chi connectivity index (χ3v) is 3.66. The molecule has 0 aliphatic carbocycles. The van der Waals surface area contributed by atoms with Crippen LogP contribution in [0.2, 0.25) is 5.02 Å². The molecule has 0 aliphatic rings. The fourth-order valence-electron chi connectivity index (χ4n) is 2.39. The lowest BCUT2D eigenvalue weighted by Crippen LogP contribution is -2.30. The van der Waals surface area contributed by atoms with Crippen LogP contribution in [0.5, 0.6) is 0 Å². The van der Waals surface area contributed by atoms with Crippen molar-refractivity contribution in [3.63, 3.8) is 0 Å². The number of halogens is 1. The van der Waals surface area contributed by atoms with E-state index in [9.17, 15) is 4.79 Å². The van der Waals surface area contributed by atoms with E-state index in [2.05, 4.69) is 16.7 Å². The maximum Gasteiger partial charge on any atom is 0.238 e. The van der Waals surface area contributed by atoms with Crippen LogP contribution in [0, 0.1) is 13.8 Å². The van der Waals surface area contributed by atoms with E-state index in [0.29, 0.717) is 5.02 Å². The highest BCUT2D eigenvalue weighted by Crippen LogP contribution is 2.17. The standard InChI is InChI=1S/C18H21ClN2O/c1-12-7-13(2)9-17(8-12)21-18(22)11-20-14(3)15-5-4-6-16(19)10-15/h4-10,14,20H,11H2,1-3H3,(H,21,22)/t14-/m0/s1. The molecule has 4 heteroatoms. The van der Waals surface area contributed by atoms with E-state index in [-0.39, 0.29) is 18.5 Å². The molecule has 0 aromatic heterocycles. The van der Waals surface area contributed by atoms with Gasteiger partial charge in [-0.15, -0.1) is 0 Å². The van der Waals surface area contributed by atoms with Crippen molar-refractivity contribution in [1.29, 1.82) is 0 Å². The monoisotopic (exact) mass is 316 g/mol. The average molecular weight is 317 g/mol. The predicted octanol–water partition coefficient (Wildman–Crippen LogP) is 4.25. The zero-order chi connectivity index (χ0) is 16.1. The van der Waals surface area contributed by atoms with E-state index in [1.165, 1.54) is 0 Å². The number of carbonyl (C=O) groups excluding carboxylic acids is 1. The summed E-state index contributed by atoms with van der Waals surface area (Å²) in [5.74, 6) is -0.0566. The topological polar surface area (TPSA) is 41.1 Å². The van der Waals surface area contributed by atoms with Crippen molar-refractivity contribution in [2.45, 2.75) is 26.8 Å². The van der Waals surface area contributed by atoms with E-state index in [1.54, 1.807) is 0 Å². The highest BCUT2D eigenvalue weighted by Gasteiger charge is 2.08. The lowest BCUT2D eigenvalue weighted by Gasteiger charge is -2.15. The van der Waals surface area contributed by atoms with Gasteiger partial charge < -0.3 is 10.6 Å². The largest absolute Gasteiger partial charge is 0.325 e. The van der Waals surface area contributed by atoms with Crippen LogP contribution in [0.1, 0.15) is 29.7 Å². The first-order chi connectivity index (χ1) is 10.4. The van der Waals surface area contributed by atoms with E-state index in [4.69, 9.17) is 11.6 Å². The second kappa shape index (κ2) is 7.43. The zero-order valence-corrected chi connectivity index (χ0v) is 13.9. The van der Waals surface area contributed by atoms with Crippen molar-refractivity contribution in [3.05, 3.63) is 64.2 Å². The Morgan fingerprint density at radius 1 is 1.14 bits per heavy atom. The minimum absolute atomic E-state index is 0.0566.